The Bertz CT molecular complexity index is 185. The molecular formula is C5H4N2O. The summed E-state index contributed by atoms with van der Waals surface area (Å²) in [6, 6.07) is 1.95. The van der Waals surface area contributed by atoms with Crippen LogP contribution in [0.4, 0.5) is 0 Å². The number of hydrogen-bond donors (Lipinski definition) is 0. The van der Waals surface area contributed by atoms with Gasteiger partial charge < -0.3 is 4.42 Å². The highest BCUT2D eigenvalue weighted by Crippen LogP contribution is 1.92. The average molecular weight is 108 g/mol. The van der Waals surface area contributed by atoms with E-state index in [1.165, 1.54) is 12.7 Å². The van der Waals surface area contributed by atoms with Gasteiger partial charge in [-0.2, -0.15) is 5.26 Å². The first kappa shape index (κ1) is 4.85. The molecule has 0 saturated carbocycles. The van der Waals surface area contributed by atoms with E-state index in [0.717, 1.165) is 0 Å². The van der Waals surface area contributed by atoms with Gasteiger partial charge in [0.2, 0.25) is 0 Å². The molecule has 1 aromatic heterocycles. The van der Waals surface area contributed by atoms with Crippen molar-refractivity contribution in [1.82, 2.24) is 4.98 Å². The highest BCUT2D eigenvalue weighted by molar-refractivity contribution is 4.98. The number of nitrogens with zero attached hydrogens (tertiary/aromatic N) is 2. The fraction of sp³-hybridized carbons (Fsp3) is 0.200. The normalized spacial score (nSPS) is 8.38. The second-order valence-corrected chi connectivity index (χ2v) is 1.31. The minimum Gasteiger partial charge on any atom is -0.451 e. The van der Waals surface area contributed by atoms with E-state index in [2.05, 4.69) is 9.40 Å². The molecule has 0 N–H and O–H groups in total. The van der Waals surface area contributed by atoms with Crippen LogP contribution in [-0.4, -0.2) is 4.98 Å². The Balaban J connectivity index is 2.67. The van der Waals surface area contributed by atoms with Crippen molar-refractivity contribution in [2.75, 3.05) is 0 Å². The second kappa shape index (κ2) is 2.12. The fourth-order valence-corrected chi connectivity index (χ4v) is 0.406. The quantitative estimate of drug-likeness (QED) is 0.533. The molecule has 0 atom stereocenters. The third-order valence-corrected chi connectivity index (χ3v) is 0.744. The van der Waals surface area contributed by atoms with Crippen LogP contribution in [0.2, 0.25) is 0 Å². The molecule has 3 nitrogen and oxygen atoms in total. The summed E-state index contributed by atoms with van der Waals surface area (Å²) in [5.41, 5.74) is 0.688. The van der Waals surface area contributed by atoms with Gasteiger partial charge in [-0.05, 0) is 0 Å². The third kappa shape index (κ3) is 0.850. The lowest BCUT2D eigenvalue weighted by Gasteiger charge is -1.73. The predicted molar refractivity (Wildman–Crippen MR) is 25.8 cm³/mol. The molecule has 0 bridgehead atoms. The minimum absolute atomic E-state index is 0.330. The fourth-order valence-electron chi connectivity index (χ4n) is 0.406. The molecule has 1 rings (SSSR count). The summed E-state index contributed by atoms with van der Waals surface area (Å²) >= 11 is 0. The average Bonchev–Trinajstić information content (AvgIpc) is 2.19. The SMILES string of the molecule is N#CCc1cocn1. The Morgan fingerprint density at radius 1 is 1.88 bits per heavy atom. The maximum atomic E-state index is 8.11. The molecule has 3 heteroatoms. The molecule has 0 unspecified atom stereocenters. The Morgan fingerprint density at radius 2 is 2.75 bits per heavy atom. The topological polar surface area (TPSA) is 49.8 Å². The van der Waals surface area contributed by atoms with Crippen LogP contribution in [0.3, 0.4) is 0 Å². The molecule has 0 aliphatic heterocycles. The van der Waals surface area contributed by atoms with Gasteiger partial charge in [-0.15, -0.1) is 0 Å². The molecule has 1 aromatic rings. The van der Waals surface area contributed by atoms with Crippen LogP contribution in [0.15, 0.2) is 17.1 Å². The Hall–Kier alpha value is -1.30. The van der Waals surface area contributed by atoms with Gasteiger partial charge in [-0.3, -0.25) is 0 Å². The summed E-state index contributed by atoms with van der Waals surface area (Å²) in [4.78, 5) is 3.72. The summed E-state index contributed by atoms with van der Waals surface area (Å²) in [6.07, 6.45) is 3.10. The van der Waals surface area contributed by atoms with E-state index in [1.807, 2.05) is 6.07 Å². The monoisotopic (exact) mass is 108 g/mol. The van der Waals surface area contributed by atoms with Gasteiger partial charge in [0, 0.05) is 0 Å². The standard InChI is InChI=1S/C5H4N2O/c6-2-1-5-3-8-4-7-5/h3-4H,1H2. The van der Waals surface area contributed by atoms with Gasteiger partial charge in [-0.25, -0.2) is 4.98 Å². The van der Waals surface area contributed by atoms with Crippen molar-refractivity contribution in [1.29, 1.82) is 5.26 Å². The van der Waals surface area contributed by atoms with Gasteiger partial charge in [0.1, 0.15) is 6.26 Å². The molecule has 0 amide bonds. The zero-order valence-electron chi connectivity index (χ0n) is 4.16. The van der Waals surface area contributed by atoms with Crippen LogP contribution in [0.5, 0.6) is 0 Å². The van der Waals surface area contributed by atoms with E-state index in [-0.39, 0.29) is 0 Å². The van der Waals surface area contributed by atoms with Crippen LogP contribution in [0.25, 0.3) is 0 Å². The predicted octanol–water partition coefficient (Wildman–Crippen LogP) is 0.741. The Labute approximate surface area is 46.6 Å². The number of hydrogen-bond acceptors (Lipinski definition) is 3. The largest absolute Gasteiger partial charge is 0.451 e. The minimum atomic E-state index is 0.330. The van der Waals surface area contributed by atoms with E-state index in [1.54, 1.807) is 0 Å². The molecule has 1 heterocycles. The molecule has 40 valence electrons. The molecule has 0 fully saturated rings. The molecule has 0 aliphatic rings. The van der Waals surface area contributed by atoms with Crippen LogP contribution < -0.4 is 0 Å². The van der Waals surface area contributed by atoms with E-state index in [4.69, 9.17) is 5.26 Å². The van der Waals surface area contributed by atoms with Gasteiger partial charge in [0.15, 0.2) is 6.39 Å². The molecule has 0 saturated heterocycles. The van der Waals surface area contributed by atoms with Crippen LogP contribution in [-0.2, 0) is 6.42 Å². The summed E-state index contributed by atoms with van der Waals surface area (Å²) in [5, 5.41) is 8.11. The molecule has 0 spiro atoms. The van der Waals surface area contributed by atoms with Crippen molar-refractivity contribution < 1.29 is 4.42 Å². The van der Waals surface area contributed by atoms with E-state index in [9.17, 15) is 0 Å². The van der Waals surface area contributed by atoms with E-state index in [0.29, 0.717) is 12.1 Å². The summed E-state index contributed by atoms with van der Waals surface area (Å²) < 4.78 is 4.60. The first-order valence-electron chi connectivity index (χ1n) is 2.17. The van der Waals surface area contributed by atoms with Crippen molar-refractivity contribution in [2.24, 2.45) is 0 Å². The van der Waals surface area contributed by atoms with Gasteiger partial charge in [0.05, 0.1) is 18.2 Å². The second-order valence-electron chi connectivity index (χ2n) is 1.31. The van der Waals surface area contributed by atoms with Crippen LogP contribution >= 0.6 is 0 Å². The third-order valence-electron chi connectivity index (χ3n) is 0.744. The maximum absolute atomic E-state index is 8.11. The Morgan fingerprint density at radius 3 is 3.25 bits per heavy atom. The van der Waals surface area contributed by atoms with Crippen LogP contribution in [0.1, 0.15) is 5.69 Å². The summed E-state index contributed by atoms with van der Waals surface area (Å²) in [7, 11) is 0. The lowest BCUT2D eigenvalue weighted by molar-refractivity contribution is 0.556. The van der Waals surface area contributed by atoms with Crippen molar-refractivity contribution in [3.8, 4) is 6.07 Å². The first-order valence-corrected chi connectivity index (χ1v) is 2.17. The van der Waals surface area contributed by atoms with E-state index >= 15 is 0 Å². The molecule has 0 radical (unpaired) electrons. The van der Waals surface area contributed by atoms with Gasteiger partial charge in [0.25, 0.3) is 0 Å². The molecule has 0 aromatic carbocycles. The number of nitriles is 1. The van der Waals surface area contributed by atoms with Crippen molar-refractivity contribution in [3.63, 3.8) is 0 Å². The van der Waals surface area contributed by atoms with E-state index < -0.39 is 0 Å². The number of aromatic nitrogens is 1. The summed E-state index contributed by atoms with van der Waals surface area (Å²) in [6.45, 7) is 0. The van der Waals surface area contributed by atoms with Crippen LogP contribution in [0, 0.1) is 11.3 Å². The number of rotatable bonds is 1. The first-order chi connectivity index (χ1) is 3.93. The maximum Gasteiger partial charge on any atom is 0.180 e. The van der Waals surface area contributed by atoms with Crippen molar-refractivity contribution in [3.05, 3.63) is 18.4 Å². The smallest absolute Gasteiger partial charge is 0.180 e. The highest BCUT2D eigenvalue weighted by atomic mass is 16.3. The zero-order chi connectivity index (χ0) is 5.82. The van der Waals surface area contributed by atoms with Crippen molar-refractivity contribution in [2.45, 2.75) is 6.42 Å². The highest BCUT2D eigenvalue weighted by Gasteiger charge is 1.90. The molecular weight excluding hydrogens is 104 g/mol. The number of oxazole rings is 1. The lowest BCUT2D eigenvalue weighted by Crippen LogP contribution is -1.76. The molecule has 0 aliphatic carbocycles. The van der Waals surface area contributed by atoms with Gasteiger partial charge in [-0.1, -0.05) is 0 Å². The van der Waals surface area contributed by atoms with Gasteiger partial charge >= 0.3 is 0 Å². The summed E-state index contributed by atoms with van der Waals surface area (Å²) in [5.74, 6) is 0. The Kier molecular flexibility index (Phi) is 1.29. The van der Waals surface area contributed by atoms with Crippen molar-refractivity contribution >= 4 is 0 Å². The lowest BCUT2D eigenvalue weighted by atomic mass is 10.4. The zero-order valence-corrected chi connectivity index (χ0v) is 4.16. The molecule has 8 heavy (non-hydrogen) atoms.